The molecule has 0 aliphatic carbocycles. The second-order valence-electron chi connectivity index (χ2n) is 6.82. The zero-order chi connectivity index (χ0) is 19.6. The van der Waals surface area contributed by atoms with Gasteiger partial charge in [-0.2, -0.15) is 5.10 Å². The Kier molecular flexibility index (Phi) is 9.63. The first kappa shape index (κ1) is 22.9. The van der Waals surface area contributed by atoms with Crippen LogP contribution >= 0.6 is 24.0 Å². The van der Waals surface area contributed by atoms with Gasteiger partial charge in [0, 0.05) is 18.7 Å². The first-order valence-corrected chi connectivity index (χ1v) is 9.77. The number of aromatic amines is 1. The number of rotatable bonds is 8. The second kappa shape index (κ2) is 12.2. The fraction of sp³-hybridized carbons (Fsp3) is 0.318. The van der Waals surface area contributed by atoms with E-state index in [-0.39, 0.29) is 24.0 Å². The van der Waals surface area contributed by atoms with Crippen LogP contribution in [-0.4, -0.2) is 27.7 Å². The third-order valence-electron chi connectivity index (χ3n) is 4.44. The molecule has 3 rings (SSSR count). The van der Waals surface area contributed by atoms with Gasteiger partial charge in [-0.25, -0.2) is 9.98 Å². The van der Waals surface area contributed by atoms with Crippen molar-refractivity contribution in [2.45, 2.75) is 39.8 Å². The molecule has 0 fully saturated rings. The van der Waals surface area contributed by atoms with E-state index in [4.69, 9.17) is 4.99 Å². The Bertz CT molecular complexity index is 875. The number of nitrogens with zero attached hydrogens (tertiary/aromatic N) is 3. The molecule has 3 N–H and O–H groups in total. The molecule has 0 spiro atoms. The Hall–Kier alpha value is -2.42. The summed E-state index contributed by atoms with van der Waals surface area (Å²) in [7, 11) is 0. The van der Waals surface area contributed by atoms with Crippen molar-refractivity contribution >= 4 is 29.9 Å². The van der Waals surface area contributed by atoms with Gasteiger partial charge in [0.15, 0.2) is 11.8 Å². The molecule has 0 saturated carbocycles. The van der Waals surface area contributed by atoms with E-state index in [0.717, 1.165) is 48.8 Å². The molecule has 0 saturated heterocycles. The summed E-state index contributed by atoms with van der Waals surface area (Å²) in [6.07, 6.45) is 3.79. The van der Waals surface area contributed by atoms with Crippen molar-refractivity contribution in [3.8, 4) is 11.4 Å². The summed E-state index contributed by atoms with van der Waals surface area (Å²) in [4.78, 5) is 8.98. The summed E-state index contributed by atoms with van der Waals surface area (Å²) in [5.41, 5.74) is 4.65. The van der Waals surface area contributed by atoms with Gasteiger partial charge in [0.1, 0.15) is 6.33 Å². The lowest BCUT2D eigenvalue weighted by Gasteiger charge is -2.13. The smallest absolute Gasteiger partial charge is 0.191 e. The van der Waals surface area contributed by atoms with Crippen LogP contribution in [0, 0.1) is 6.92 Å². The third kappa shape index (κ3) is 7.49. The fourth-order valence-electron chi connectivity index (χ4n) is 2.78. The molecule has 3 aromatic rings. The van der Waals surface area contributed by atoms with E-state index in [1.807, 2.05) is 12.1 Å². The van der Waals surface area contributed by atoms with Crippen molar-refractivity contribution in [2.24, 2.45) is 4.99 Å². The van der Waals surface area contributed by atoms with Crippen LogP contribution in [0.3, 0.4) is 0 Å². The Labute approximate surface area is 189 Å². The molecule has 154 valence electrons. The molecule has 0 aliphatic heterocycles. The lowest BCUT2D eigenvalue weighted by molar-refractivity contribution is 0.724. The molecule has 2 aromatic carbocycles. The number of guanidine groups is 1. The average molecular weight is 504 g/mol. The highest BCUT2D eigenvalue weighted by molar-refractivity contribution is 14.0. The molecule has 0 bridgehead atoms. The summed E-state index contributed by atoms with van der Waals surface area (Å²) in [5.74, 6) is 1.60. The largest absolute Gasteiger partial charge is 0.356 e. The van der Waals surface area contributed by atoms with Crippen LogP contribution in [0.15, 0.2) is 59.9 Å². The Morgan fingerprint density at radius 3 is 2.62 bits per heavy atom. The minimum absolute atomic E-state index is 0. The number of hydrogen-bond acceptors (Lipinski definition) is 3. The minimum Gasteiger partial charge on any atom is -0.356 e. The molecule has 0 atom stereocenters. The molecule has 0 unspecified atom stereocenters. The lowest BCUT2D eigenvalue weighted by Crippen LogP contribution is -2.37. The van der Waals surface area contributed by atoms with Crippen molar-refractivity contribution in [2.75, 3.05) is 6.54 Å². The second-order valence-corrected chi connectivity index (χ2v) is 6.82. The Morgan fingerprint density at radius 1 is 1.07 bits per heavy atom. The number of nitrogens with one attached hydrogen (secondary N) is 3. The molecule has 0 radical (unpaired) electrons. The Morgan fingerprint density at radius 2 is 1.90 bits per heavy atom. The third-order valence-corrected chi connectivity index (χ3v) is 4.44. The predicted octanol–water partition coefficient (Wildman–Crippen LogP) is 4.43. The molecular weight excluding hydrogens is 475 g/mol. The van der Waals surface area contributed by atoms with Crippen molar-refractivity contribution < 1.29 is 0 Å². The molecule has 7 heteroatoms. The predicted molar refractivity (Wildman–Crippen MR) is 129 cm³/mol. The molecule has 1 aromatic heterocycles. The van der Waals surface area contributed by atoms with E-state index >= 15 is 0 Å². The van der Waals surface area contributed by atoms with E-state index in [9.17, 15) is 0 Å². The number of aromatic nitrogens is 3. The van der Waals surface area contributed by atoms with Gasteiger partial charge in [0.25, 0.3) is 0 Å². The lowest BCUT2D eigenvalue weighted by atomic mass is 10.1. The number of unbranched alkanes of at least 4 members (excludes halogenated alkanes) is 1. The highest BCUT2D eigenvalue weighted by atomic mass is 127. The molecule has 29 heavy (non-hydrogen) atoms. The van der Waals surface area contributed by atoms with Crippen LogP contribution in [0.2, 0.25) is 0 Å². The fourth-order valence-corrected chi connectivity index (χ4v) is 2.78. The van der Waals surface area contributed by atoms with Gasteiger partial charge in [-0.15, -0.1) is 24.0 Å². The van der Waals surface area contributed by atoms with E-state index in [2.05, 4.69) is 76.1 Å². The first-order chi connectivity index (χ1) is 13.7. The van der Waals surface area contributed by atoms with Gasteiger partial charge in [-0.3, -0.25) is 5.10 Å². The molecule has 1 heterocycles. The number of hydrogen-bond donors (Lipinski definition) is 3. The number of aliphatic imine (C=N–C) groups is 1. The molecular formula is C22H29IN6. The van der Waals surface area contributed by atoms with Crippen LogP contribution in [-0.2, 0) is 13.1 Å². The monoisotopic (exact) mass is 504 g/mol. The van der Waals surface area contributed by atoms with Crippen molar-refractivity contribution in [1.82, 2.24) is 25.8 Å². The summed E-state index contributed by atoms with van der Waals surface area (Å²) in [5, 5.41) is 13.7. The van der Waals surface area contributed by atoms with Crippen LogP contribution < -0.4 is 10.6 Å². The normalized spacial score (nSPS) is 11.0. The highest BCUT2D eigenvalue weighted by Crippen LogP contribution is 2.16. The number of H-pyrrole nitrogens is 1. The Balaban J connectivity index is 0.00000300. The van der Waals surface area contributed by atoms with Crippen LogP contribution in [0.4, 0.5) is 0 Å². The van der Waals surface area contributed by atoms with Gasteiger partial charge in [-0.1, -0.05) is 61.4 Å². The maximum atomic E-state index is 4.77. The minimum atomic E-state index is 0. The summed E-state index contributed by atoms with van der Waals surface area (Å²) in [6.45, 7) is 6.54. The highest BCUT2D eigenvalue weighted by Gasteiger charge is 2.03. The van der Waals surface area contributed by atoms with Gasteiger partial charge in [0.05, 0.1) is 6.54 Å². The van der Waals surface area contributed by atoms with E-state index in [0.29, 0.717) is 6.54 Å². The molecule has 6 nitrogen and oxygen atoms in total. The van der Waals surface area contributed by atoms with Crippen molar-refractivity contribution in [3.05, 3.63) is 71.5 Å². The zero-order valence-electron chi connectivity index (χ0n) is 17.0. The summed E-state index contributed by atoms with van der Waals surface area (Å²) >= 11 is 0. The maximum absolute atomic E-state index is 4.77. The average Bonchev–Trinajstić information content (AvgIpc) is 3.26. The summed E-state index contributed by atoms with van der Waals surface area (Å²) < 4.78 is 0. The van der Waals surface area contributed by atoms with Crippen LogP contribution in [0.25, 0.3) is 11.4 Å². The van der Waals surface area contributed by atoms with Gasteiger partial charge in [0.2, 0.25) is 0 Å². The number of benzene rings is 2. The van der Waals surface area contributed by atoms with E-state index in [1.54, 1.807) is 0 Å². The maximum Gasteiger partial charge on any atom is 0.191 e. The van der Waals surface area contributed by atoms with Crippen LogP contribution in [0.5, 0.6) is 0 Å². The molecule has 0 aliphatic rings. The quantitative estimate of drug-likeness (QED) is 0.184. The van der Waals surface area contributed by atoms with E-state index in [1.165, 1.54) is 17.5 Å². The number of aryl methyl sites for hydroxylation is 1. The first-order valence-electron chi connectivity index (χ1n) is 9.77. The SMILES string of the molecule is CCCCNC(=NCc1cccc(-c2ncn[nH]2)c1)NCc1ccc(C)cc1.I. The van der Waals surface area contributed by atoms with Crippen molar-refractivity contribution in [1.29, 1.82) is 0 Å². The van der Waals surface area contributed by atoms with Crippen LogP contribution in [0.1, 0.15) is 36.5 Å². The summed E-state index contributed by atoms with van der Waals surface area (Å²) in [6, 6.07) is 16.8. The van der Waals surface area contributed by atoms with Gasteiger partial charge in [-0.05, 0) is 30.5 Å². The number of halogens is 1. The zero-order valence-corrected chi connectivity index (χ0v) is 19.3. The standard InChI is InChI=1S/C22H28N6.HI/c1-3-4-12-23-22(24-14-18-10-8-17(2)9-11-18)25-15-19-6-5-7-20(13-19)21-26-16-27-28-21;/h5-11,13,16H,3-4,12,14-15H2,1-2H3,(H2,23,24,25)(H,26,27,28);1H. The van der Waals surface area contributed by atoms with Gasteiger partial charge >= 0.3 is 0 Å². The van der Waals surface area contributed by atoms with Crippen molar-refractivity contribution in [3.63, 3.8) is 0 Å². The molecule has 0 amide bonds. The van der Waals surface area contributed by atoms with Gasteiger partial charge < -0.3 is 10.6 Å². The van der Waals surface area contributed by atoms with E-state index < -0.39 is 0 Å². The topological polar surface area (TPSA) is 78.0 Å².